The van der Waals surface area contributed by atoms with E-state index in [9.17, 15) is 24.6 Å². The number of aromatic carboxylic acids is 2. The monoisotopic (exact) mass is 702 g/mol. The van der Waals surface area contributed by atoms with E-state index in [0.717, 1.165) is 22.3 Å². The van der Waals surface area contributed by atoms with Gasteiger partial charge in [0.05, 0.1) is 38.1 Å². The van der Waals surface area contributed by atoms with Crippen LogP contribution < -0.4 is 10.8 Å². The summed E-state index contributed by atoms with van der Waals surface area (Å²) in [6.45, 7) is -0.0340. The molecule has 10 heteroatoms. The molecule has 0 saturated carbocycles. The highest BCUT2D eigenvalue weighted by atomic mass is 35.5. The Morgan fingerprint density at radius 1 is 0.520 bits per heavy atom. The minimum Gasteiger partial charge on any atom is -0.478 e. The van der Waals surface area contributed by atoms with Crippen LogP contribution in [0.5, 0.6) is 0 Å². The van der Waals surface area contributed by atoms with Crippen LogP contribution in [0.15, 0.2) is 133 Å². The summed E-state index contributed by atoms with van der Waals surface area (Å²) < 4.78 is 0. The van der Waals surface area contributed by atoms with Crippen molar-refractivity contribution in [3.8, 4) is 33.4 Å². The lowest BCUT2D eigenvalue weighted by molar-refractivity contribution is 0.0682. The number of anilines is 2. The Hall–Kier alpha value is -5.93. The molecule has 6 rings (SSSR count). The Kier molecular flexibility index (Phi) is 10.2. The van der Waals surface area contributed by atoms with Crippen molar-refractivity contribution in [2.24, 2.45) is 0 Å². The van der Waals surface area contributed by atoms with Crippen LogP contribution in [0.3, 0.4) is 0 Å². The molecule has 0 aliphatic heterocycles. The van der Waals surface area contributed by atoms with Crippen molar-refractivity contribution in [1.29, 1.82) is 0 Å². The summed E-state index contributed by atoms with van der Waals surface area (Å²) in [5.74, 6) is -2.90. The standard InChI is InChI=1S/C40H28Cl2N2O6/c41-34-21-28(13-17-36(34)43-38(45)33-20-27(12-16-32(33)40(48)49)25-9-5-2-6-10-25)29-14-18-37(35(42)22-29)44-50-23-30-19-26(11-15-31(30)39(46)47)24-7-3-1-4-8-24/h1-22,44H,23H2,(H,43,45)(H,46,47)(H,48,49). The van der Waals surface area contributed by atoms with Crippen molar-refractivity contribution in [2.45, 2.75) is 6.61 Å². The lowest BCUT2D eigenvalue weighted by atomic mass is 9.98. The van der Waals surface area contributed by atoms with Crippen LogP contribution in [0.1, 0.15) is 36.6 Å². The minimum absolute atomic E-state index is 0.000769. The molecule has 0 radical (unpaired) electrons. The predicted molar refractivity (Wildman–Crippen MR) is 196 cm³/mol. The molecule has 0 heterocycles. The van der Waals surface area contributed by atoms with Gasteiger partial charge in [0.1, 0.15) is 6.61 Å². The van der Waals surface area contributed by atoms with Gasteiger partial charge in [0, 0.05) is 0 Å². The smallest absolute Gasteiger partial charge is 0.336 e. The number of nitrogens with one attached hydrogen (secondary N) is 2. The SMILES string of the molecule is O=C(O)c1ccc(-c2ccccc2)cc1CONc1ccc(-c2ccc(NC(=O)c3cc(-c4ccccc4)ccc3C(=O)O)c(Cl)c2)cc1Cl. The molecule has 6 aromatic carbocycles. The van der Waals surface area contributed by atoms with Gasteiger partial charge in [-0.25, -0.2) is 9.59 Å². The third kappa shape index (κ3) is 7.69. The van der Waals surface area contributed by atoms with Crippen molar-refractivity contribution < 1.29 is 29.4 Å². The molecule has 6 aromatic rings. The van der Waals surface area contributed by atoms with Gasteiger partial charge < -0.3 is 15.5 Å². The van der Waals surface area contributed by atoms with Gasteiger partial charge in [-0.3, -0.25) is 15.1 Å². The van der Waals surface area contributed by atoms with Crippen molar-refractivity contribution in [3.63, 3.8) is 0 Å². The van der Waals surface area contributed by atoms with Crippen LogP contribution in [-0.4, -0.2) is 28.1 Å². The van der Waals surface area contributed by atoms with Gasteiger partial charge in [-0.2, -0.15) is 0 Å². The maximum Gasteiger partial charge on any atom is 0.336 e. The van der Waals surface area contributed by atoms with Crippen LogP contribution in [0.2, 0.25) is 10.0 Å². The molecule has 0 fully saturated rings. The molecule has 0 unspecified atom stereocenters. The summed E-state index contributed by atoms with van der Waals surface area (Å²) in [6, 6.07) is 39.0. The van der Waals surface area contributed by atoms with E-state index in [1.54, 1.807) is 66.7 Å². The van der Waals surface area contributed by atoms with E-state index in [1.165, 1.54) is 6.07 Å². The predicted octanol–water partition coefficient (Wildman–Crippen LogP) is 10.2. The Bertz CT molecular complexity index is 2230. The average Bonchev–Trinajstić information content (AvgIpc) is 3.13. The van der Waals surface area contributed by atoms with E-state index >= 15 is 0 Å². The summed E-state index contributed by atoms with van der Waals surface area (Å²) in [4.78, 5) is 42.8. The first-order valence-electron chi connectivity index (χ1n) is 15.3. The molecule has 50 heavy (non-hydrogen) atoms. The number of hydrogen-bond acceptors (Lipinski definition) is 5. The van der Waals surface area contributed by atoms with E-state index in [1.807, 2.05) is 60.7 Å². The van der Waals surface area contributed by atoms with Gasteiger partial charge in [-0.05, 0) is 87.5 Å². The van der Waals surface area contributed by atoms with Gasteiger partial charge in [-0.15, -0.1) is 0 Å². The van der Waals surface area contributed by atoms with E-state index in [4.69, 9.17) is 28.0 Å². The van der Waals surface area contributed by atoms with E-state index in [0.29, 0.717) is 33.1 Å². The van der Waals surface area contributed by atoms with Crippen LogP contribution in [0.25, 0.3) is 33.4 Å². The highest BCUT2D eigenvalue weighted by molar-refractivity contribution is 6.34. The molecule has 0 aliphatic rings. The molecule has 0 bridgehead atoms. The largest absolute Gasteiger partial charge is 0.478 e. The van der Waals surface area contributed by atoms with E-state index < -0.39 is 17.8 Å². The second-order valence-electron chi connectivity index (χ2n) is 11.2. The summed E-state index contributed by atoms with van der Waals surface area (Å²) in [5, 5.41) is 22.7. The highest BCUT2D eigenvalue weighted by Gasteiger charge is 2.19. The number of carbonyl (C=O) groups is 3. The van der Waals surface area contributed by atoms with E-state index in [2.05, 4.69) is 10.8 Å². The van der Waals surface area contributed by atoms with Crippen LogP contribution in [-0.2, 0) is 11.4 Å². The van der Waals surface area contributed by atoms with Gasteiger partial charge in [0.25, 0.3) is 5.91 Å². The van der Waals surface area contributed by atoms with Crippen molar-refractivity contribution in [2.75, 3.05) is 10.8 Å². The molecule has 248 valence electrons. The maximum absolute atomic E-state index is 13.3. The number of hydrogen-bond donors (Lipinski definition) is 4. The van der Waals surface area contributed by atoms with Gasteiger partial charge in [-0.1, -0.05) is 108 Å². The van der Waals surface area contributed by atoms with Crippen LogP contribution >= 0.6 is 23.2 Å². The number of carbonyl (C=O) groups excluding carboxylic acids is 1. The quantitative estimate of drug-likeness (QED) is 0.0990. The fourth-order valence-corrected chi connectivity index (χ4v) is 5.86. The molecule has 1 amide bonds. The van der Waals surface area contributed by atoms with Crippen LogP contribution in [0.4, 0.5) is 11.4 Å². The van der Waals surface area contributed by atoms with Crippen molar-refractivity contribution in [3.05, 3.63) is 166 Å². The zero-order valence-corrected chi connectivity index (χ0v) is 27.7. The average molecular weight is 704 g/mol. The fraction of sp³-hybridized carbons (Fsp3) is 0.0250. The number of carboxylic acids is 2. The maximum atomic E-state index is 13.3. The first kappa shape index (κ1) is 34.0. The molecule has 4 N–H and O–H groups in total. The lowest BCUT2D eigenvalue weighted by Crippen LogP contribution is -2.17. The number of carboxylic acid groups (broad SMARTS) is 2. The minimum atomic E-state index is -1.22. The van der Waals surface area contributed by atoms with Crippen molar-refractivity contribution in [1.82, 2.24) is 0 Å². The normalized spacial score (nSPS) is 10.8. The topological polar surface area (TPSA) is 125 Å². The number of rotatable bonds is 11. The van der Waals surface area contributed by atoms with Gasteiger partial charge >= 0.3 is 11.9 Å². The number of halogens is 2. The summed E-state index contributed by atoms with van der Waals surface area (Å²) in [5.41, 5.74) is 8.86. The zero-order chi connectivity index (χ0) is 35.2. The molecule has 0 aromatic heterocycles. The Morgan fingerprint density at radius 3 is 1.54 bits per heavy atom. The lowest BCUT2D eigenvalue weighted by Gasteiger charge is -2.14. The summed E-state index contributed by atoms with van der Waals surface area (Å²) in [7, 11) is 0. The second-order valence-corrected chi connectivity index (χ2v) is 12.0. The Morgan fingerprint density at radius 2 is 1.00 bits per heavy atom. The third-order valence-corrected chi connectivity index (χ3v) is 8.60. The van der Waals surface area contributed by atoms with Crippen molar-refractivity contribution >= 4 is 52.4 Å². The third-order valence-electron chi connectivity index (χ3n) is 7.97. The Balaban J connectivity index is 1.15. The number of benzene rings is 6. The molecule has 0 atom stereocenters. The molecular formula is C40H28Cl2N2O6. The fourth-order valence-electron chi connectivity index (χ4n) is 5.42. The molecule has 0 spiro atoms. The Labute approximate surface area is 297 Å². The van der Waals surface area contributed by atoms with Crippen LogP contribution in [0, 0.1) is 0 Å². The molecular weight excluding hydrogens is 675 g/mol. The zero-order valence-electron chi connectivity index (χ0n) is 26.2. The summed E-state index contributed by atoms with van der Waals surface area (Å²) >= 11 is 13.2. The molecule has 0 aliphatic carbocycles. The first-order chi connectivity index (χ1) is 24.2. The van der Waals surface area contributed by atoms with E-state index in [-0.39, 0.29) is 28.3 Å². The molecule has 8 nitrogen and oxygen atoms in total. The molecule has 0 saturated heterocycles. The highest BCUT2D eigenvalue weighted by Crippen LogP contribution is 2.34. The van der Waals surface area contributed by atoms with Gasteiger partial charge in [0.15, 0.2) is 0 Å². The summed E-state index contributed by atoms with van der Waals surface area (Å²) in [6.07, 6.45) is 0. The first-order valence-corrected chi connectivity index (χ1v) is 16.1. The second kappa shape index (κ2) is 15.1. The number of amides is 1. The van der Waals surface area contributed by atoms with Gasteiger partial charge in [0.2, 0.25) is 0 Å².